The fraction of sp³-hybridized carbons (Fsp3) is 0.455. The molecular formula is C11H11F3O4S. The van der Waals surface area contributed by atoms with Crippen LogP contribution in [0.15, 0.2) is 24.3 Å². The molecule has 1 saturated heterocycles. The Morgan fingerprint density at radius 2 is 1.89 bits per heavy atom. The summed E-state index contributed by atoms with van der Waals surface area (Å²) in [5, 5.41) is 10.2. The minimum absolute atomic E-state index is 0.145. The molecule has 8 heteroatoms. The molecule has 106 valence electrons. The first-order chi connectivity index (χ1) is 8.61. The molecule has 0 spiro atoms. The van der Waals surface area contributed by atoms with Crippen molar-refractivity contribution in [2.45, 2.75) is 18.4 Å². The molecule has 1 fully saturated rings. The van der Waals surface area contributed by atoms with E-state index in [1.165, 1.54) is 18.2 Å². The van der Waals surface area contributed by atoms with Gasteiger partial charge in [-0.05, 0) is 12.5 Å². The molecule has 1 heterocycles. The van der Waals surface area contributed by atoms with Crippen LogP contribution in [-0.2, 0) is 15.4 Å². The van der Waals surface area contributed by atoms with E-state index in [2.05, 4.69) is 4.74 Å². The third kappa shape index (κ3) is 3.19. The van der Waals surface area contributed by atoms with Crippen molar-refractivity contribution >= 4 is 9.84 Å². The molecule has 0 aromatic heterocycles. The summed E-state index contributed by atoms with van der Waals surface area (Å²) in [6.45, 7) is 0. The number of ether oxygens (including phenoxy) is 1. The molecule has 19 heavy (non-hydrogen) atoms. The van der Waals surface area contributed by atoms with Crippen molar-refractivity contribution in [1.29, 1.82) is 0 Å². The molecule has 0 aliphatic carbocycles. The molecule has 2 rings (SSSR count). The van der Waals surface area contributed by atoms with E-state index in [4.69, 9.17) is 0 Å². The molecule has 1 aromatic rings. The summed E-state index contributed by atoms with van der Waals surface area (Å²) < 4.78 is 63.4. The van der Waals surface area contributed by atoms with Gasteiger partial charge in [-0.3, -0.25) is 0 Å². The van der Waals surface area contributed by atoms with Gasteiger partial charge in [-0.1, -0.05) is 18.2 Å². The zero-order chi connectivity index (χ0) is 14.3. The van der Waals surface area contributed by atoms with E-state index >= 15 is 0 Å². The number of rotatable bonds is 2. The Balaban J connectivity index is 2.41. The number of alkyl halides is 3. The number of hydrogen-bond acceptors (Lipinski definition) is 4. The van der Waals surface area contributed by atoms with Gasteiger partial charge in [-0.2, -0.15) is 0 Å². The van der Waals surface area contributed by atoms with Crippen molar-refractivity contribution in [3.8, 4) is 5.75 Å². The highest BCUT2D eigenvalue weighted by molar-refractivity contribution is 7.91. The predicted molar refractivity (Wildman–Crippen MR) is 60.3 cm³/mol. The van der Waals surface area contributed by atoms with Gasteiger partial charge in [0.25, 0.3) is 0 Å². The molecule has 1 aliphatic heterocycles. The number of aliphatic hydroxyl groups is 1. The molecule has 1 aromatic carbocycles. The Labute approximate surface area is 107 Å². The van der Waals surface area contributed by atoms with Crippen LogP contribution >= 0.6 is 0 Å². The number of benzene rings is 1. The fourth-order valence-corrected chi connectivity index (χ4v) is 3.93. The van der Waals surface area contributed by atoms with Crippen LogP contribution in [0.4, 0.5) is 13.2 Å². The van der Waals surface area contributed by atoms with Gasteiger partial charge in [0.15, 0.2) is 9.84 Å². The van der Waals surface area contributed by atoms with Crippen molar-refractivity contribution in [3.05, 3.63) is 29.8 Å². The Morgan fingerprint density at radius 3 is 2.42 bits per heavy atom. The van der Waals surface area contributed by atoms with E-state index < -0.39 is 33.3 Å². The standard InChI is InChI=1S/C11H11F3O4S/c12-11(13,14)18-9-4-2-1-3-8(9)10(15)5-6-19(16,17)7-10/h1-4,15H,5-7H2. The second kappa shape index (κ2) is 4.38. The van der Waals surface area contributed by atoms with Crippen LogP contribution in [0.25, 0.3) is 0 Å². The van der Waals surface area contributed by atoms with Gasteiger partial charge in [-0.15, -0.1) is 13.2 Å². The van der Waals surface area contributed by atoms with Crippen LogP contribution in [0.1, 0.15) is 12.0 Å². The first-order valence-electron chi connectivity index (χ1n) is 5.39. The predicted octanol–water partition coefficient (Wildman–Crippen LogP) is 1.59. The maximum atomic E-state index is 12.3. The SMILES string of the molecule is O=S1(=O)CCC(O)(c2ccccc2OC(F)(F)F)C1. The maximum absolute atomic E-state index is 12.3. The van der Waals surface area contributed by atoms with Crippen molar-refractivity contribution in [1.82, 2.24) is 0 Å². The molecular weight excluding hydrogens is 285 g/mol. The van der Waals surface area contributed by atoms with Gasteiger partial charge < -0.3 is 9.84 Å². The van der Waals surface area contributed by atoms with Crippen molar-refractivity contribution in [2.24, 2.45) is 0 Å². The minimum Gasteiger partial charge on any atom is -0.405 e. The Hall–Kier alpha value is -1.28. The Kier molecular flexibility index (Phi) is 3.26. The lowest BCUT2D eigenvalue weighted by Gasteiger charge is -2.24. The fourth-order valence-electron chi connectivity index (χ4n) is 2.11. The zero-order valence-corrected chi connectivity index (χ0v) is 10.5. The summed E-state index contributed by atoms with van der Waals surface area (Å²) >= 11 is 0. The zero-order valence-electron chi connectivity index (χ0n) is 9.64. The van der Waals surface area contributed by atoms with E-state index in [0.29, 0.717) is 0 Å². The summed E-state index contributed by atoms with van der Waals surface area (Å²) in [5.41, 5.74) is -1.99. The minimum atomic E-state index is -4.90. The van der Waals surface area contributed by atoms with Crippen LogP contribution in [0, 0.1) is 0 Å². The highest BCUT2D eigenvalue weighted by Gasteiger charge is 2.44. The van der Waals surface area contributed by atoms with E-state index in [-0.39, 0.29) is 17.7 Å². The van der Waals surface area contributed by atoms with Crippen LogP contribution in [-0.4, -0.2) is 31.4 Å². The monoisotopic (exact) mass is 296 g/mol. The molecule has 0 radical (unpaired) electrons. The average Bonchev–Trinajstić information content (AvgIpc) is 2.52. The van der Waals surface area contributed by atoms with E-state index in [1.54, 1.807) is 0 Å². The normalized spacial score (nSPS) is 26.3. The third-order valence-corrected chi connectivity index (χ3v) is 4.64. The van der Waals surface area contributed by atoms with Crippen LogP contribution in [0.5, 0.6) is 5.75 Å². The van der Waals surface area contributed by atoms with Gasteiger partial charge in [0.2, 0.25) is 0 Å². The van der Waals surface area contributed by atoms with Gasteiger partial charge in [0.1, 0.15) is 11.4 Å². The molecule has 0 amide bonds. The third-order valence-electron chi connectivity index (χ3n) is 2.90. The summed E-state index contributed by atoms with van der Waals surface area (Å²) in [6, 6.07) is 5.02. The highest BCUT2D eigenvalue weighted by Crippen LogP contribution is 2.39. The number of halogens is 3. The number of para-hydroxylation sites is 1. The number of hydrogen-bond donors (Lipinski definition) is 1. The quantitative estimate of drug-likeness (QED) is 0.900. The topological polar surface area (TPSA) is 63.6 Å². The summed E-state index contributed by atoms with van der Waals surface area (Å²) in [7, 11) is -3.45. The largest absolute Gasteiger partial charge is 0.573 e. The van der Waals surface area contributed by atoms with Crippen molar-refractivity contribution in [3.63, 3.8) is 0 Å². The summed E-state index contributed by atoms with van der Waals surface area (Å²) in [5.74, 6) is -1.43. The van der Waals surface area contributed by atoms with Crippen molar-refractivity contribution in [2.75, 3.05) is 11.5 Å². The maximum Gasteiger partial charge on any atom is 0.573 e. The molecule has 0 saturated carbocycles. The second-order valence-corrected chi connectivity index (χ2v) is 6.60. The van der Waals surface area contributed by atoms with Crippen LogP contribution in [0.2, 0.25) is 0 Å². The smallest absolute Gasteiger partial charge is 0.405 e. The lowest BCUT2D eigenvalue weighted by molar-refractivity contribution is -0.275. The molecule has 1 atom stereocenters. The first kappa shape index (κ1) is 14.1. The molecule has 0 bridgehead atoms. The molecule has 1 unspecified atom stereocenters. The van der Waals surface area contributed by atoms with Gasteiger partial charge in [0, 0.05) is 5.56 Å². The van der Waals surface area contributed by atoms with Gasteiger partial charge >= 0.3 is 6.36 Å². The van der Waals surface area contributed by atoms with Crippen LogP contribution in [0.3, 0.4) is 0 Å². The Bertz CT molecular complexity index is 582. The molecule has 4 nitrogen and oxygen atoms in total. The van der Waals surface area contributed by atoms with E-state index in [9.17, 15) is 26.7 Å². The summed E-state index contributed by atoms with van der Waals surface area (Å²) in [6.07, 6.45) is -5.04. The van der Waals surface area contributed by atoms with Crippen LogP contribution < -0.4 is 4.74 Å². The molecule has 1 aliphatic rings. The highest BCUT2D eigenvalue weighted by atomic mass is 32.2. The van der Waals surface area contributed by atoms with Gasteiger partial charge in [0.05, 0.1) is 11.5 Å². The average molecular weight is 296 g/mol. The second-order valence-electron chi connectivity index (χ2n) is 4.42. The number of sulfone groups is 1. The lowest BCUT2D eigenvalue weighted by atomic mass is 9.92. The van der Waals surface area contributed by atoms with Crippen molar-refractivity contribution < 1.29 is 31.4 Å². The van der Waals surface area contributed by atoms with E-state index in [1.807, 2.05) is 0 Å². The first-order valence-corrected chi connectivity index (χ1v) is 7.22. The Morgan fingerprint density at radius 1 is 1.26 bits per heavy atom. The summed E-state index contributed by atoms with van der Waals surface area (Å²) in [4.78, 5) is 0. The van der Waals surface area contributed by atoms with Gasteiger partial charge in [-0.25, -0.2) is 8.42 Å². The molecule has 1 N–H and O–H groups in total. The van der Waals surface area contributed by atoms with E-state index in [0.717, 1.165) is 6.07 Å². The lowest BCUT2D eigenvalue weighted by Crippen LogP contribution is -2.29.